The van der Waals surface area contributed by atoms with Crippen molar-refractivity contribution < 1.29 is 35.9 Å². The minimum absolute atomic E-state index is 0.0162. The van der Waals surface area contributed by atoms with Gasteiger partial charge >= 0.3 is 12.2 Å². The topological polar surface area (TPSA) is 112 Å². The number of fused-ring (bicyclic) bond motifs is 3. The van der Waals surface area contributed by atoms with Crippen LogP contribution >= 0.6 is 11.3 Å². The number of hydrogen-bond acceptors (Lipinski definition) is 9. The Morgan fingerprint density at radius 1 is 1.20 bits per heavy atom. The van der Waals surface area contributed by atoms with E-state index >= 15 is 4.39 Å². The maximum atomic E-state index is 16.5. The Balaban J connectivity index is 0.000000412. The molecule has 3 fully saturated rings. The number of carbonyl (C=O) groups excluding carboxylic acids is 1. The van der Waals surface area contributed by atoms with Gasteiger partial charge < -0.3 is 20.3 Å². The molecule has 2 aromatic heterocycles. The molecule has 266 valence electrons. The number of ether oxygens (including phenoxy) is 1. The number of nitrogen functional groups attached to an aromatic ring is 1. The van der Waals surface area contributed by atoms with Crippen molar-refractivity contribution in [2.75, 3.05) is 50.5 Å². The van der Waals surface area contributed by atoms with Crippen LogP contribution in [0.15, 0.2) is 18.2 Å². The van der Waals surface area contributed by atoms with E-state index in [0.29, 0.717) is 43.4 Å². The van der Waals surface area contributed by atoms with Crippen LogP contribution in [0.2, 0.25) is 0 Å². The molecule has 0 saturated carbocycles. The number of benzene rings is 2. The van der Waals surface area contributed by atoms with E-state index in [1.54, 1.807) is 22.8 Å². The van der Waals surface area contributed by atoms with Crippen LogP contribution in [0, 0.1) is 23.0 Å². The molecule has 2 N–H and O–H groups in total. The number of hydrogen-bond donors (Lipinski definition) is 1. The quantitative estimate of drug-likeness (QED) is 0.222. The Bertz CT molecular complexity index is 1990. The molecule has 1 amide bonds. The van der Waals surface area contributed by atoms with Crippen LogP contribution in [-0.4, -0.2) is 83.8 Å². The molecule has 0 radical (unpaired) electrons. The molecule has 0 bridgehead atoms. The first-order chi connectivity index (χ1) is 23.8. The number of likely N-dealkylation sites (tertiary alicyclic amines) is 1. The summed E-state index contributed by atoms with van der Waals surface area (Å²) < 4.78 is 92.8. The van der Waals surface area contributed by atoms with E-state index in [2.05, 4.69) is 14.9 Å². The van der Waals surface area contributed by atoms with Gasteiger partial charge in [0.2, 0.25) is 5.91 Å². The molecule has 5 heterocycles. The molecule has 0 spiro atoms. The average molecular weight is 720 g/mol. The van der Waals surface area contributed by atoms with Crippen molar-refractivity contribution in [1.29, 1.82) is 5.26 Å². The van der Waals surface area contributed by atoms with Crippen LogP contribution in [-0.2, 0) is 11.0 Å². The van der Waals surface area contributed by atoms with Crippen molar-refractivity contribution >= 4 is 49.1 Å². The van der Waals surface area contributed by atoms with Gasteiger partial charge in [-0.3, -0.25) is 9.69 Å². The second-order valence-corrected chi connectivity index (χ2v) is 13.7. The lowest BCUT2D eigenvalue weighted by Gasteiger charge is -2.30. The number of alkyl halides is 4. The number of nitriles is 1. The summed E-state index contributed by atoms with van der Waals surface area (Å²) in [7, 11) is 1.24. The number of anilines is 2. The number of carbonyl (C=O) groups is 1. The van der Waals surface area contributed by atoms with E-state index in [4.69, 9.17) is 10.5 Å². The maximum absolute atomic E-state index is 16.5. The van der Waals surface area contributed by atoms with Gasteiger partial charge in [-0.15, -0.1) is 11.3 Å². The van der Waals surface area contributed by atoms with Crippen molar-refractivity contribution in [2.45, 2.75) is 64.0 Å². The summed E-state index contributed by atoms with van der Waals surface area (Å²) in [6.45, 7) is 6.11. The van der Waals surface area contributed by atoms with E-state index in [9.17, 15) is 32.0 Å². The van der Waals surface area contributed by atoms with Gasteiger partial charge in [-0.2, -0.15) is 28.4 Å². The molecule has 2 aromatic carbocycles. The molecule has 3 aliphatic rings. The Hall–Kier alpha value is -4.36. The molecule has 16 heteroatoms. The summed E-state index contributed by atoms with van der Waals surface area (Å²) >= 11 is 0.690. The summed E-state index contributed by atoms with van der Waals surface area (Å²) in [6, 6.07) is 4.50. The lowest BCUT2D eigenvalue weighted by Crippen LogP contribution is -2.39. The largest absolute Gasteiger partial charge is 0.467 e. The second-order valence-electron chi connectivity index (χ2n) is 12.6. The fourth-order valence-electron chi connectivity index (χ4n) is 7.39. The van der Waals surface area contributed by atoms with Gasteiger partial charge in [0.05, 0.1) is 22.9 Å². The zero-order valence-electron chi connectivity index (χ0n) is 27.6. The highest BCUT2D eigenvalue weighted by atomic mass is 32.1. The molecular formula is C34H35F6N7O2S. The van der Waals surface area contributed by atoms with Crippen molar-refractivity contribution in [3.63, 3.8) is 0 Å². The number of amides is 1. The number of nitrogens with zero attached hydrogens (tertiary/aromatic N) is 6. The molecule has 50 heavy (non-hydrogen) atoms. The van der Waals surface area contributed by atoms with Crippen LogP contribution in [0.3, 0.4) is 0 Å². The highest BCUT2D eigenvalue weighted by molar-refractivity contribution is 7.23. The number of nitrogens with two attached hydrogens (primary N) is 1. The summed E-state index contributed by atoms with van der Waals surface area (Å²) in [6.07, 6.45) is -1.72. The summed E-state index contributed by atoms with van der Waals surface area (Å²) in [4.78, 5) is 25.9. The normalized spacial score (nSPS) is 20.6. The monoisotopic (exact) mass is 719 g/mol. The minimum Gasteiger partial charge on any atom is -0.467 e. The third-order valence-corrected chi connectivity index (χ3v) is 10.7. The zero-order chi connectivity index (χ0) is 36.1. The Kier molecular flexibility index (Phi) is 9.75. The highest BCUT2D eigenvalue weighted by Gasteiger charge is 2.39. The maximum Gasteiger partial charge on any atom is 0.417 e. The van der Waals surface area contributed by atoms with Crippen molar-refractivity contribution in [3.8, 4) is 23.2 Å². The van der Waals surface area contributed by atoms with Gasteiger partial charge in [0.25, 0.3) is 0 Å². The molecule has 7 rings (SSSR count). The van der Waals surface area contributed by atoms with E-state index in [1.165, 1.54) is 26.9 Å². The average Bonchev–Trinajstić information content (AvgIpc) is 3.86. The number of rotatable bonds is 5. The Labute approximate surface area is 288 Å². The van der Waals surface area contributed by atoms with Crippen LogP contribution < -0.4 is 15.4 Å². The van der Waals surface area contributed by atoms with Crippen LogP contribution in [0.25, 0.3) is 32.1 Å². The highest BCUT2D eigenvalue weighted by Crippen LogP contribution is 2.48. The third-order valence-electron chi connectivity index (χ3n) is 9.70. The first kappa shape index (κ1) is 35.5. The van der Waals surface area contributed by atoms with E-state index < -0.39 is 40.6 Å². The minimum atomic E-state index is -5.06. The van der Waals surface area contributed by atoms with Crippen molar-refractivity contribution in [2.24, 2.45) is 0 Å². The van der Waals surface area contributed by atoms with Gasteiger partial charge in [0.15, 0.2) is 5.82 Å². The molecule has 3 saturated heterocycles. The number of halogens is 6. The van der Waals surface area contributed by atoms with E-state index in [0.717, 1.165) is 31.2 Å². The predicted molar refractivity (Wildman–Crippen MR) is 179 cm³/mol. The fourth-order valence-corrected chi connectivity index (χ4v) is 8.34. The molecule has 4 aromatic rings. The lowest BCUT2D eigenvalue weighted by atomic mass is 9.92. The molecule has 3 aliphatic heterocycles. The van der Waals surface area contributed by atoms with Crippen LogP contribution in [0.1, 0.15) is 50.7 Å². The zero-order valence-corrected chi connectivity index (χ0v) is 28.4. The van der Waals surface area contributed by atoms with E-state index in [-0.39, 0.29) is 61.9 Å². The number of thiophene rings is 1. The summed E-state index contributed by atoms with van der Waals surface area (Å²) in [5.74, 6) is -2.27. The number of likely N-dealkylation sites (N-methyl/N-ethyl adjacent to an activating group) is 1. The predicted octanol–water partition coefficient (Wildman–Crippen LogP) is 6.91. The van der Waals surface area contributed by atoms with E-state index in [1.807, 2.05) is 0 Å². The van der Waals surface area contributed by atoms with Gasteiger partial charge in [0, 0.05) is 61.5 Å². The van der Waals surface area contributed by atoms with Gasteiger partial charge in [0.1, 0.15) is 34.4 Å². The van der Waals surface area contributed by atoms with Gasteiger partial charge in [-0.05, 0) is 56.8 Å². The molecule has 3 atom stereocenters. The fraction of sp³-hybridized carbons (Fsp3) is 0.471. The van der Waals surface area contributed by atoms with Crippen molar-refractivity contribution in [3.05, 3.63) is 41.0 Å². The van der Waals surface area contributed by atoms with Crippen LogP contribution in [0.5, 0.6) is 6.01 Å². The standard InChI is InChI=1S/C27H23F5N6O2S.C7H12FN/c1-4-38(13-7-8-37(11-13)12(2)39)25-15-9-17(27(30,31)32)20(21(29)22(15)35-26(36-25)40-3)14-5-6-18(28)23-19(14)16(10-33)24(34)41-23;8-6-4-7-2-1-3-9(7)5-6/h5-6,9,13H,4,7-8,11,34H2,1-3H3;6-7H,1-5H2. The summed E-state index contributed by atoms with van der Waals surface area (Å²) in [5, 5.41) is 9.12. The third kappa shape index (κ3) is 6.37. The number of methoxy groups -OCH3 is 1. The number of aromatic nitrogens is 2. The molecular weight excluding hydrogens is 684 g/mol. The smallest absolute Gasteiger partial charge is 0.417 e. The Morgan fingerprint density at radius 2 is 1.96 bits per heavy atom. The molecule has 3 unspecified atom stereocenters. The summed E-state index contributed by atoms with van der Waals surface area (Å²) in [5.41, 5.74) is 2.57. The SMILES string of the molecule is CCN(c1nc(OC)nc2c(F)c(-c3ccc(F)c4sc(N)c(C#N)c34)c(C(F)(F)F)cc12)C1CCN(C(C)=O)C1.FC1CC2CCCN2C1. The first-order valence-corrected chi connectivity index (χ1v) is 17.1. The second kappa shape index (κ2) is 13.7. The van der Waals surface area contributed by atoms with Crippen molar-refractivity contribution in [1.82, 2.24) is 19.8 Å². The van der Waals surface area contributed by atoms with Gasteiger partial charge in [-0.1, -0.05) is 6.07 Å². The molecule has 0 aliphatic carbocycles. The van der Waals surface area contributed by atoms with Gasteiger partial charge in [-0.25, -0.2) is 13.2 Å². The van der Waals surface area contributed by atoms with Crippen LogP contribution in [0.4, 0.5) is 37.2 Å². The first-order valence-electron chi connectivity index (χ1n) is 16.2. The Morgan fingerprint density at radius 3 is 2.58 bits per heavy atom. The lowest BCUT2D eigenvalue weighted by molar-refractivity contribution is -0.137. The molecule has 9 nitrogen and oxygen atoms in total.